The van der Waals surface area contributed by atoms with Gasteiger partial charge in [0.15, 0.2) is 0 Å². The highest BCUT2D eigenvalue weighted by Crippen LogP contribution is 2.68. The number of thioether (sulfide) groups is 1. The third kappa shape index (κ3) is 3.95. The number of thiazole rings is 1. The first kappa shape index (κ1) is 25.4. The van der Waals surface area contributed by atoms with Gasteiger partial charge in [0.05, 0.1) is 22.5 Å². The average Bonchev–Trinajstić information content (AvgIpc) is 3.71. The topological polar surface area (TPSA) is 79.5 Å². The van der Waals surface area contributed by atoms with E-state index in [0.29, 0.717) is 17.3 Å². The van der Waals surface area contributed by atoms with E-state index in [-0.39, 0.29) is 57.4 Å². The summed E-state index contributed by atoms with van der Waals surface area (Å²) in [6.07, 6.45) is 0.869. The minimum Gasteiger partial charge on any atom is -0.489 e. The predicted octanol–water partition coefficient (Wildman–Crippen LogP) is 6.35. The lowest BCUT2D eigenvalue weighted by Crippen LogP contribution is -2.42. The van der Waals surface area contributed by atoms with Gasteiger partial charge in [-0.3, -0.25) is 19.3 Å². The van der Waals surface area contributed by atoms with Crippen LogP contribution in [0.25, 0.3) is 0 Å². The summed E-state index contributed by atoms with van der Waals surface area (Å²) in [6, 6.07) is 25.0. The molecule has 4 aliphatic rings. The number of H-pyrrole nitrogens is 1. The first-order chi connectivity index (χ1) is 20.0. The van der Waals surface area contributed by atoms with Crippen LogP contribution in [0.1, 0.15) is 28.3 Å². The SMILES string of the molecule is O=C1C2C3CC(C2C(=O)N1c1ccccc1)C1C3Sc2[nH]c(=O)sc2[C@@H]1c1ccc(OCc2cccc(Cl)c2)cc1. The number of ether oxygens (including phenoxy) is 1. The van der Waals surface area contributed by atoms with Crippen molar-refractivity contribution in [2.24, 2.45) is 29.6 Å². The van der Waals surface area contributed by atoms with Crippen LogP contribution >= 0.6 is 34.7 Å². The maximum Gasteiger partial charge on any atom is 0.305 e. The van der Waals surface area contributed by atoms with Gasteiger partial charge in [0.1, 0.15) is 12.4 Å². The van der Waals surface area contributed by atoms with Crippen LogP contribution in [0, 0.1) is 29.6 Å². The lowest BCUT2D eigenvalue weighted by molar-refractivity contribution is -0.123. The van der Waals surface area contributed by atoms with Crippen molar-refractivity contribution in [1.82, 2.24) is 4.98 Å². The fraction of sp³-hybridized carbons (Fsp3) is 0.281. The summed E-state index contributed by atoms with van der Waals surface area (Å²) in [7, 11) is 0. The zero-order chi connectivity index (χ0) is 27.8. The van der Waals surface area contributed by atoms with Gasteiger partial charge in [-0.05, 0) is 71.7 Å². The lowest BCUT2D eigenvalue weighted by Gasteiger charge is -2.43. The molecule has 1 N–H and O–H groups in total. The molecule has 0 spiro atoms. The number of aromatic amines is 1. The molecular formula is C32H25ClN2O4S2. The summed E-state index contributed by atoms with van der Waals surface area (Å²) in [5.74, 6) is 0.333. The number of para-hydroxylation sites is 1. The monoisotopic (exact) mass is 600 g/mol. The van der Waals surface area contributed by atoms with E-state index in [4.69, 9.17) is 16.3 Å². The van der Waals surface area contributed by atoms with Gasteiger partial charge in [-0.2, -0.15) is 0 Å². The van der Waals surface area contributed by atoms with Crippen molar-refractivity contribution in [3.63, 3.8) is 0 Å². The van der Waals surface area contributed by atoms with Gasteiger partial charge in [-0.15, -0.1) is 11.8 Å². The van der Waals surface area contributed by atoms with Crippen LogP contribution in [0.2, 0.25) is 5.02 Å². The Morgan fingerprint density at radius 1 is 0.902 bits per heavy atom. The molecule has 9 heteroatoms. The van der Waals surface area contributed by atoms with Gasteiger partial charge in [-0.1, -0.05) is 65.4 Å². The van der Waals surface area contributed by atoms with E-state index >= 15 is 0 Å². The van der Waals surface area contributed by atoms with Crippen LogP contribution in [0.5, 0.6) is 5.75 Å². The third-order valence-electron chi connectivity index (χ3n) is 9.27. The number of carbonyl (C=O) groups excluding carboxylic acids is 2. The molecule has 6 unspecified atom stereocenters. The Labute approximate surface area is 249 Å². The zero-order valence-corrected chi connectivity index (χ0v) is 24.1. The molecule has 206 valence electrons. The Hall–Kier alpha value is -3.33. The smallest absolute Gasteiger partial charge is 0.305 e. The summed E-state index contributed by atoms with van der Waals surface area (Å²) in [6.45, 7) is 0.412. The second kappa shape index (κ2) is 9.61. The molecule has 2 aliphatic heterocycles. The molecule has 1 saturated heterocycles. The number of imide groups is 1. The Morgan fingerprint density at radius 3 is 2.41 bits per heavy atom. The van der Waals surface area contributed by atoms with Gasteiger partial charge in [0.2, 0.25) is 11.8 Å². The molecule has 6 nitrogen and oxygen atoms in total. The largest absolute Gasteiger partial charge is 0.489 e. The average molecular weight is 601 g/mol. The summed E-state index contributed by atoms with van der Waals surface area (Å²) < 4.78 is 6.03. The van der Waals surface area contributed by atoms with E-state index in [0.717, 1.165) is 33.2 Å². The lowest BCUT2D eigenvalue weighted by atomic mass is 9.68. The van der Waals surface area contributed by atoms with Crippen LogP contribution in [0.15, 0.2) is 88.7 Å². The van der Waals surface area contributed by atoms with E-state index in [2.05, 4.69) is 17.1 Å². The zero-order valence-electron chi connectivity index (χ0n) is 21.7. The van der Waals surface area contributed by atoms with Crippen LogP contribution in [0.4, 0.5) is 5.69 Å². The van der Waals surface area contributed by atoms with E-state index in [1.807, 2.05) is 66.7 Å². The fourth-order valence-corrected chi connectivity index (χ4v) is 10.9. The second-order valence-electron chi connectivity index (χ2n) is 11.3. The number of carbonyl (C=O) groups is 2. The molecule has 2 saturated carbocycles. The molecule has 2 aliphatic carbocycles. The minimum absolute atomic E-state index is 0.0215. The second-order valence-corrected chi connectivity index (χ2v) is 13.9. The van der Waals surface area contributed by atoms with Crippen molar-refractivity contribution in [3.05, 3.63) is 110 Å². The van der Waals surface area contributed by atoms with Gasteiger partial charge in [0.25, 0.3) is 0 Å². The van der Waals surface area contributed by atoms with E-state index < -0.39 is 0 Å². The van der Waals surface area contributed by atoms with Crippen LogP contribution < -0.4 is 14.5 Å². The maximum atomic E-state index is 13.8. The van der Waals surface area contributed by atoms with Gasteiger partial charge < -0.3 is 9.72 Å². The van der Waals surface area contributed by atoms with E-state index in [1.165, 1.54) is 16.2 Å². The number of amides is 2. The molecule has 3 aromatic carbocycles. The van der Waals surface area contributed by atoms with Crippen molar-refractivity contribution in [1.29, 1.82) is 0 Å². The number of benzene rings is 3. The quantitative estimate of drug-likeness (QED) is 0.270. The summed E-state index contributed by atoms with van der Waals surface area (Å²) >= 11 is 9.09. The van der Waals surface area contributed by atoms with E-state index in [9.17, 15) is 14.4 Å². The number of rotatable bonds is 5. The van der Waals surface area contributed by atoms with Gasteiger partial charge in [0, 0.05) is 21.1 Å². The number of anilines is 1. The number of fused-ring (bicyclic) bond motifs is 9. The highest BCUT2D eigenvalue weighted by atomic mass is 35.5. The first-order valence-corrected chi connectivity index (χ1v) is 15.8. The van der Waals surface area contributed by atoms with Crippen LogP contribution in [0.3, 0.4) is 0 Å². The predicted molar refractivity (Wildman–Crippen MR) is 160 cm³/mol. The molecular weight excluding hydrogens is 576 g/mol. The van der Waals surface area contributed by atoms with Crippen LogP contribution in [-0.2, 0) is 16.2 Å². The Bertz CT molecular complexity index is 1740. The fourth-order valence-electron chi connectivity index (χ4n) is 7.79. The van der Waals surface area contributed by atoms with E-state index in [1.54, 1.807) is 11.8 Å². The van der Waals surface area contributed by atoms with Crippen molar-refractivity contribution in [2.45, 2.75) is 29.2 Å². The van der Waals surface area contributed by atoms with Gasteiger partial charge in [-0.25, -0.2) is 0 Å². The number of halogens is 1. The van der Waals surface area contributed by atoms with Crippen molar-refractivity contribution < 1.29 is 14.3 Å². The molecule has 0 radical (unpaired) electrons. The number of hydrogen-bond donors (Lipinski definition) is 1. The third-order valence-corrected chi connectivity index (χ3v) is 12.1. The normalized spacial score (nSPS) is 29.4. The molecule has 4 aromatic rings. The van der Waals surface area contributed by atoms with Crippen molar-refractivity contribution in [2.75, 3.05) is 4.90 Å². The number of nitrogens with zero attached hydrogens (tertiary/aromatic N) is 1. The maximum absolute atomic E-state index is 13.8. The van der Waals surface area contributed by atoms with Crippen LogP contribution in [-0.4, -0.2) is 22.0 Å². The Balaban J connectivity index is 1.12. The molecule has 41 heavy (non-hydrogen) atoms. The number of nitrogens with one attached hydrogen (secondary N) is 1. The summed E-state index contributed by atoms with van der Waals surface area (Å²) in [5, 5.41) is 1.75. The number of hydrogen-bond acceptors (Lipinski definition) is 6. The molecule has 3 heterocycles. The Kier molecular flexibility index (Phi) is 5.95. The molecule has 1 aromatic heterocycles. The van der Waals surface area contributed by atoms with Crippen molar-refractivity contribution in [3.8, 4) is 5.75 Å². The summed E-state index contributed by atoms with van der Waals surface area (Å²) in [5.41, 5.74) is 2.75. The number of aromatic nitrogens is 1. The molecule has 3 fully saturated rings. The molecule has 2 bridgehead atoms. The minimum atomic E-state index is -0.311. The highest BCUT2D eigenvalue weighted by molar-refractivity contribution is 8.00. The standard InChI is InChI=1S/C32H25ClN2O4S2/c33-18-6-4-5-16(13-18)15-39-20-11-9-17(10-12-20)23-24-21-14-22(27(24)40-29-28(23)41-32(38)34-29)26-25(21)30(36)35(31(26)37)19-7-2-1-3-8-19/h1-13,21-27H,14-15H2,(H,34,38)/t21?,22?,23-,24?,25?,26?,27?/m1/s1. The van der Waals surface area contributed by atoms with Gasteiger partial charge >= 0.3 is 4.87 Å². The Morgan fingerprint density at radius 2 is 1.66 bits per heavy atom. The molecule has 8 rings (SSSR count). The first-order valence-electron chi connectivity index (χ1n) is 13.8. The van der Waals surface area contributed by atoms with Crippen molar-refractivity contribution >= 4 is 52.2 Å². The molecule has 7 atom stereocenters. The molecule has 2 amide bonds. The summed E-state index contributed by atoms with van der Waals surface area (Å²) in [4.78, 5) is 45.5. The highest BCUT2D eigenvalue weighted by Gasteiger charge is 2.69.